The Morgan fingerprint density at radius 2 is 1.86 bits per heavy atom. The summed E-state index contributed by atoms with van der Waals surface area (Å²) in [5.41, 5.74) is 2.57. The second-order valence-corrected chi connectivity index (χ2v) is 8.99. The maximum atomic E-state index is 13.3. The molecular formula is C22H32N4O3. The van der Waals surface area contributed by atoms with Crippen LogP contribution < -0.4 is 0 Å². The van der Waals surface area contributed by atoms with Crippen LogP contribution in [0.1, 0.15) is 85.1 Å². The van der Waals surface area contributed by atoms with Crippen molar-refractivity contribution in [2.24, 2.45) is 0 Å². The topological polar surface area (TPSA) is 75.6 Å². The van der Waals surface area contributed by atoms with Crippen molar-refractivity contribution >= 4 is 5.91 Å². The van der Waals surface area contributed by atoms with Gasteiger partial charge < -0.3 is 13.9 Å². The van der Waals surface area contributed by atoms with Gasteiger partial charge in [-0.05, 0) is 52.5 Å². The lowest BCUT2D eigenvalue weighted by Gasteiger charge is -2.37. The number of hydrogen-bond donors (Lipinski definition) is 0. The highest BCUT2D eigenvalue weighted by atomic mass is 16.5. The molecule has 0 unspecified atom stereocenters. The lowest BCUT2D eigenvalue weighted by atomic mass is 9.87. The highest BCUT2D eigenvalue weighted by molar-refractivity contribution is 5.93. The van der Waals surface area contributed by atoms with Gasteiger partial charge in [-0.2, -0.15) is 0 Å². The van der Waals surface area contributed by atoms with Crippen molar-refractivity contribution < 1.29 is 13.8 Å². The van der Waals surface area contributed by atoms with Crippen LogP contribution >= 0.6 is 0 Å². The van der Waals surface area contributed by atoms with Gasteiger partial charge in [0, 0.05) is 42.7 Å². The van der Waals surface area contributed by atoms with Gasteiger partial charge in [0.1, 0.15) is 11.5 Å². The predicted molar refractivity (Wildman–Crippen MR) is 109 cm³/mol. The largest absolute Gasteiger partial charge is 0.361 e. The molecule has 4 rings (SSSR count). The van der Waals surface area contributed by atoms with Gasteiger partial charge in [-0.1, -0.05) is 24.2 Å². The van der Waals surface area contributed by atoms with E-state index < -0.39 is 0 Å². The first-order valence-electron chi connectivity index (χ1n) is 10.8. The average Bonchev–Trinajstić information content (AvgIpc) is 3.37. The molecule has 2 aliphatic rings. The van der Waals surface area contributed by atoms with E-state index in [-0.39, 0.29) is 17.4 Å². The van der Waals surface area contributed by atoms with Crippen molar-refractivity contribution in [2.75, 3.05) is 19.6 Å². The first-order chi connectivity index (χ1) is 13.9. The normalized spacial score (nSPS) is 23.3. The fourth-order valence-electron chi connectivity index (χ4n) is 4.92. The van der Waals surface area contributed by atoms with Crippen molar-refractivity contribution in [3.05, 3.63) is 34.5 Å². The lowest BCUT2D eigenvalue weighted by molar-refractivity contribution is 0.0547. The summed E-state index contributed by atoms with van der Waals surface area (Å²) in [5.74, 6) is 1.93. The van der Waals surface area contributed by atoms with Crippen LogP contribution in [-0.2, 0) is 6.54 Å². The van der Waals surface area contributed by atoms with Crippen LogP contribution in [0.3, 0.4) is 0 Å². The van der Waals surface area contributed by atoms with Gasteiger partial charge in [0.05, 0.1) is 5.69 Å². The van der Waals surface area contributed by atoms with Gasteiger partial charge in [0.25, 0.3) is 5.91 Å². The van der Waals surface area contributed by atoms with E-state index in [1.165, 1.54) is 5.56 Å². The first kappa shape index (κ1) is 20.1. The van der Waals surface area contributed by atoms with Crippen LogP contribution in [0.4, 0.5) is 0 Å². The minimum Gasteiger partial charge on any atom is -0.361 e. The molecule has 2 fully saturated rings. The molecule has 7 heteroatoms. The Kier molecular flexibility index (Phi) is 5.51. The van der Waals surface area contributed by atoms with E-state index >= 15 is 0 Å². The lowest BCUT2D eigenvalue weighted by Crippen LogP contribution is -2.48. The summed E-state index contributed by atoms with van der Waals surface area (Å²) in [6.07, 6.45) is 5.27. The molecule has 1 amide bonds. The Hall–Kier alpha value is -2.15. The molecule has 2 aromatic rings. The summed E-state index contributed by atoms with van der Waals surface area (Å²) in [6.45, 7) is 11.8. The number of likely N-dealkylation sites (tertiary alicyclic amines) is 2. The third-order valence-corrected chi connectivity index (χ3v) is 6.73. The summed E-state index contributed by atoms with van der Waals surface area (Å²) in [4.78, 5) is 17.8. The summed E-state index contributed by atoms with van der Waals surface area (Å²) in [5, 5.41) is 8.16. The van der Waals surface area contributed by atoms with Gasteiger partial charge in [0.2, 0.25) is 0 Å². The Balaban J connectivity index is 1.47. The third-order valence-electron chi connectivity index (χ3n) is 6.73. The van der Waals surface area contributed by atoms with E-state index in [4.69, 9.17) is 9.05 Å². The smallest absolute Gasteiger partial charge is 0.276 e. The standard InChI is InChI=1S/C22H32N4O3/c1-15(2)20-13-19(24-29-20)21(27)26-11-6-8-22(26)7-5-10-25(12-9-22)14-18-16(3)23-28-17(18)4/h13,15H,5-12,14H2,1-4H3/t22-/m0/s1. The Labute approximate surface area is 172 Å². The molecule has 0 N–H and O–H groups in total. The van der Waals surface area contributed by atoms with Crippen LogP contribution in [-0.4, -0.2) is 51.2 Å². The van der Waals surface area contributed by atoms with Crippen LogP contribution in [0.2, 0.25) is 0 Å². The molecule has 1 spiro atoms. The van der Waals surface area contributed by atoms with Crippen LogP contribution in [0, 0.1) is 13.8 Å². The zero-order valence-electron chi connectivity index (χ0n) is 18.0. The van der Waals surface area contributed by atoms with Crippen molar-refractivity contribution in [1.82, 2.24) is 20.1 Å². The van der Waals surface area contributed by atoms with Gasteiger partial charge in [-0.15, -0.1) is 0 Å². The maximum Gasteiger partial charge on any atom is 0.276 e. The Morgan fingerprint density at radius 1 is 1.10 bits per heavy atom. The number of amides is 1. The van der Waals surface area contributed by atoms with Crippen LogP contribution in [0.15, 0.2) is 15.1 Å². The van der Waals surface area contributed by atoms with E-state index in [9.17, 15) is 4.79 Å². The van der Waals surface area contributed by atoms with Crippen molar-refractivity contribution in [3.63, 3.8) is 0 Å². The van der Waals surface area contributed by atoms with Gasteiger partial charge >= 0.3 is 0 Å². The number of hydrogen-bond acceptors (Lipinski definition) is 6. The van der Waals surface area contributed by atoms with Gasteiger partial charge in [0.15, 0.2) is 5.69 Å². The predicted octanol–water partition coefficient (Wildman–Crippen LogP) is 4.06. The molecule has 4 heterocycles. The van der Waals surface area contributed by atoms with Crippen molar-refractivity contribution in [1.29, 1.82) is 0 Å². The highest BCUT2D eigenvalue weighted by Gasteiger charge is 2.45. The average molecular weight is 401 g/mol. The molecule has 7 nitrogen and oxygen atoms in total. The summed E-state index contributed by atoms with van der Waals surface area (Å²) in [7, 11) is 0. The zero-order valence-corrected chi connectivity index (χ0v) is 18.0. The molecule has 158 valence electrons. The quantitative estimate of drug-likeness (QED) is 0.770. The molecule has 0 aromatic carbocycles. The first-order valence-corrected chi connectivity index (χ1v) is 10.8. The molecule has 0 saturated carbocycles. The van der Waals surface area contributed by atoms with E-state index in [1.807, 2.05) is 33.8 Å². The molecule has 0 bridgehead atoms. The minimum atomic E-state index is -0.0541. The Bertz CT molecular complexity index is 852. The number of aromatic nitrogens is 2. The SMILES string of the molecule is Cc1noc(C)c1CN1CCC[C@]2(CCCN2C(=O)c2cc(C(C)C)on2)CC1. The number of nitrogens with zero attached hydrogens (tertiary/aromatic N) is 4. The summed E-state index contributed by atoms with van der Waals surface area (Å²) >= 11 is 0. The molecular weight excluding hydrogens is 368 g/mol. The minimum absolute atomic E-state index is 0.0253. The molecule has 0 radical (unpaired) electrons. The van der Waals surface area contributed by atoms with E-state index in [0.29, 0.717) is 5.69 Å². The zero-order chi connectivity index (χ0) is 20.6. The summed E-state index contributed by atoms with van der Waals surface area (Å²) < 4.78 is 10.7. The molecule has 0 aliphatic carbocycles. The van der Waals surface area contributed by atoms with E-state index in [2.05, 4.69) is 20.1 Å². The number of carbonyl (C=O) groups is 1. The fourth-order valence-corrected chi connectivity index (χ4v) is 4.92. The highest BCUT2D eigenvalue weighted by Crippen LogP contribution is 2.39. The van der Waals surface area contributed by atoms with Gasteiger partial charge in [-0.25, -0.2) is 0 Å². The van der Waals surface area contributed by atoms with Crippen LogP contribution in [0.25, 0.3) is 0 Å². The van der Waals surface area contributed by atoms with Crippen LogP contribution in [0.5, 0.6) is 0 Å². The molecule has 2 aliphatic heterocycles. The molecule has 1 atom stereocenters. The van der Waals surface area contributed by atoms with E-state index in [0.717, 1.165) is 75.5 Å². The third kappa shape index (κ3) is 3.84. The second-order valence-electron chi connectivity index (χ2n) is 8.99. The molecule has 2 saturated heterocycles. The second kappa shape index (κ2) is 7.94. The summed E-state index contributed by atoms with van der Waals surface area (Å²) in [6, 6.07) is 1.82. The number of aryl methyl sites for hydroxylation is 2. The maximum absolute atomic E-state index is 13.3. The fraction of sp³-hybridized carbons (Fsp3) is 0.682. The molecule has 29 heavy (non-hydrogen) atoms. The number of carbonyl (C=O) groups excluding carboxylic acids is 1. The van der Waals surface area contributed by atoms with Crippen molar-refractivity contribution in [3.8, 4) is 0 Å². The van der Waals surface area contributed by atoms with Crippen molar-refractivity contribution in [2.45, 2.75) is 77.8 Å². The monoisotopic (exact) mass is 400 g/mol. The number of rotatable bonds is 4. The Morgan fingerprint density at radius 3 is 2.52 bits per heavy atom. The van der Waals surface area contributed by atoms with E-state index in [1.54, 1.807) is 0 Å². The van der Waals surface area contributed by atoms with Gasteiger partial charge in [-0.3, -0.25) is 9.69 Å². The molecule has 2 aromatic heterocycles.